The summed E-state index contributed by atoms with van der Waals surface area (Å²) in [6.45, 7) is 2.77. The lowest BCUT2D eigenvalue weighted by Gasteiger charge is -2.50. The van der Waals surface area contributed by atoms with Crippen LogP contribution in [0.3, 0.4) is 0 Å². The molecule has 2 fully saturated rings. The van der Waals surface area contributed by atoms with Crippen LogP contribution in [0.25, 0.3) is 0 Å². The lowest BCUT2D eigenvalue weighted by atomic mass is 9.55. The van der Waals surface area contributed by atoms with Crippen LogP contribution in [0.5, 0.6) is 5.75 Å². The van der Waals surface area contributed by atoms with Crippen molar-refractivity contribution in [3.8, 4) is 5.75 Å². The van der Waals surface area contributed by atoms with Gasteiger partial charge in [-0.3, -0.25) is 4.79 Å². The fraction of sp³-hybridized carbons (Fsp3) is 0.519. The van der Waals surface area contributed by atoms with E-state index < -0.39 is 6.10 Å². The molecule has 0 amide bonds. The number of ether oxygens (including phenoxy) is 2. The van der Waals surface area contributed by atoms with Crippen molar-refractivity contribution in [2.75, 3.05) is 7.11 Å². The predicted octanol–water partition coefficient (Wildman–Crippen LogP) is 4.88. The van der Waals surface area contributed by atoms with Crippen molar-refractivity contribution in [3.05, 3.63) is 65.2 Å². The van der Waals surface area contributed by atoms with Crippen LogP contribution in [-0.2, 0) is 22.6 Å². The first-order valence-electron chi connectivity index (χ1n) is 11.6. The average molecular weight is 421 g/mol. The van der Waals surface area contributed by atoms with E-state index in [9.17, 15) is 9.90 Å². The number of carbonyl (C=O) groups is 1. The van der Waals surface area contributed by atoms with E-state index in [-0.39, 0.29) is 17.3 Å². The van der Waals surface area contributed by atoms with Crippen LogP contribution in [0.2, 0.25) is 0 Å². The Morgan fingerprint density at radius 2 is 1.97 bits per heavy atom. The van der Waals surface area contributed by atoms with Gasteiger partial charge in [0.15, 0.2) is 0 Å². The minimum absolute atomic E-state index is 0.184. The molecule has 164 valence electrons. The molecular formula is C27H32O4. The molecule has 5 unspecified atom stereocenters. The number of esters is 1. The van der Waals surface area contributed by atoms with E-state index >= 15 is 0 Å². The first kappa shape index (κ1) is 20.6. The molecule has 31 heavy (non-hydrogen) atoms. The van der Waals surface area contributed by atoms with Crippen LogP contribution in [0.1, 0.15) is 55.2 Å². The van der Waals surface area contributed by atoms with Gasteiger partial charge in [0.25, 0.3) is 0 Å². The largest absolute Gasteiger partial charge is 0.489 e. The van der Waals surface area contributed by atoms with Crippen LogP contribution in [-0.4, -0.2) is 24.3 Å². The second-order valence-corrected chi connectivity index (χ2v) is 9.91. The Hall–Kier alpha value is -2.33. The van der Waals surface area contributed by atoms with Crippen molar-refractivity contribution in [2.45, 2.75) is 57.7 Å². The van der Waals surface area contributed by atoms with Crippen molar-refractivity contribution in [3.63, 3.8) is 0 Å². The Morgan fingerprint density at radius 3 is 2.74 bits per heavy atom. The van der Waals surface area contributed by atoms with Crippen LogP contribution >= 0.6 is 0 Å². The van der Waals surface area contributed by atoms with Crippen LogP contribution in [0.15, 0.2) is 48.5 Å². The maximum Gasteiger partial charge on any atom is 0.311 e. The molecule has 0 saturated heterocycles. The van der Waals surface area contributed by atoms with Crippen molar-refractivity contribution >= 4 is 5.97 Å². The minimum atomic E-state index is -0.596. The van der Waals surface area contributed by atoms with Gasteiger partial charge < -0.3 is 14.6 Å². The molecular weight excluding hydrogens is 388 g/mol. The molecule has 2 aromatic carbocycles. The molecule has 4 heteroatoms. The Bertz CT molecular complexity index is 955. The fourth-order valence-electron chi connectivity index (χ4n) is 6.79. The zero-order chi connectivity index (χ0) is 21.6. The fourth-order valence-corrected chi connectivity index (χ4v) is 6.79. The maximum atomic E-state index is 12.3. The molecule has 0 spiro atoms. The summed E-state index contributed by atoms with van der Waals surface area (Å²) in [6.07, 6.45) is 4.32. The number of rotatable bonds is 4. The van der Waals surface area contributed by atoms with Crippen LogP contribution in [0, 0.1) is 23.2 Å². The molecule has 4 nitrogen and oxygen atoms in total. The summed E-state index contributed by atoms with van der Waals surface area (Å²) in [7, 11) is 1.43. The van der Waals surface area contributed by atoms with E-state index in [1.165, 1.54) is 23.8 Å². The topological polar surface area (TPSA) is 55.8 Å². The van der Waals surface area contributed by atoms with Gasteiger partial charge in [0.2, 0.25) is 0 Å². The number of fused-ring (bicyclic) bond motifs is 5. The van der Waals surface area contributed by atoms with Gasteiger partial charge >= 0.3 is 5.97 Å². The highest BCUT2D eigenvalue weighted by molar-refractivity contribution is 5.73. The van der Waals surface area contributed by atoms with Gasteiger partial charge in [-0.1, -0.05) is 43.3 Å². The lowest BCUT2D eigenvalue weighted by Crippen LogP contribution is -2.44. The van der Waals surface area contributed by atoms with Crippen molar-refractivity contribution in [2.24, 2.45) is 23.2 Å². The van der Waals surface area contributed by atoms with E-state index in [1.807, 2.05) is 18.2 Å². The van der Waals surface area contributed by atoms with Gasteiger partial charge in [-0.25, -0.2) is 0 Å². The predicted molar refractivity (Wildman–Crippen MR) is 119 cm³/mol. The third kappa shape index (κ3) is 3.45. The lowest BCUT2D eigenvalue weighted by molar-refractivity contribution is -0.150. The molecule has 0 bridgehead atoms. The summed E-state index contributed by atoms with van der Waals surface area (Å²) >= 11 is 0. The van der Waals surface area contributed by atoms with Crippen LogP contribution < -0.4 is 4.74 Å². The molecule has 1 N–H and O–H groups in total. The third-order valence-electron chi connectivity index (χ3n) is 8.45. The Kier molecular flexibility index (Phi) is 5.29. The number of benzene rings is 2. The molecule has 0 aromatic heterocycles. The molecule has 2 saturated carbocycles. The normalized spacial score (nSPS) is 33.7. The zero-order valence-corrected chi connectivity index (χ0v) is 18.4. The second kappa shape index (κ2) is 7.98. The molecule has 6 atom stereocenters. The summed E-state index contributed by atoms with van der Waals surface area (Å²) in [5, 5.41) is 11.0. The van der Waals surface area contributed by atoms with E-state index in [4.69, 9.17) is 9.47 Å². The van der Waals surface area contributed by atoms with Gasteiger partial charge in [0.1, 0.15) is 12.4 Å². The first-order chi connectivity index (χ1) is 15.0. The Morgan fingerprint density at radius 1 is 1.16 bits per heavy atom. The van der Waals surface area contributed by atoms with Gasteiger partial charge in [-0.2, -0.15) is 0 Å². The molecule has 0 heterocycles. The number of aliphatic hydroxyl groups excluding tert-OH is 1. The van der Waals surface area contributed by atoms with Gasteiger partial charge in [0, 0.05) is 0 Å². The molecule has 0 radical (unpaired) electrons. The minimum Gasteiger partial charge on any atom is -0.489 e. The summed E-state index contributed by atoms with van der Waals surface area (Å²) in [5.74, 6) is 1.70. The smallest absolute Gasteiger partial charge is 0.311 e. The molecule has 2 aromatic rings. The van der Waals surface area contributed by atoms with Crippen LogP contribution in [0.4, 0.5) is 0 Å². The van der Waals surface area contributed by atoms with Crippen molar-refractivity contribution in [1.29, 1.82) is 0 Å². The first-order valence-corrected chi connectivity index (χ1v) is 11.6. The van der Waals surface area contributed by atoms with E-state index in [0.29, 0.717) is 24.4 Å². The molecule has 3 aliphatic rings. The SMILES string of the molecule is COC(=O)C1CC2C3CCc4cc(OCc5ccccc5)ccc4C3CCC2(C)[C@H]1O. The summed E-state index contributed by atoms with van der Waals surface area (Å²) in [4.78, 5) is 12.3. The van der Waals surface area contributed by atoms with E-state index in [0.717, 1.165) is 37.9 Å². The van der Waals surface area contributed by atoms with Gasteiger partial charge in [-0.15, -0.1) is 0 Å². The third-order valence-corrected chi connectivity index (χ3v) is 8.45. The number of hydrogen-bond acceptors (Lipinski definition) is 4. The number of hydrogen-bond donors (Lipinski definition) is 1. The highest BCUT2D eigenvalue weighted by Gasteiger charge is 2.59. The Balaban J connectivity index is 1.34. The monoisotopic (exact) mass is 420 g/mol. The quantitative estimate of drug-likeness (QED) is 0.716. The highest BCUT2D eigenvalue weighted by atomic mass is 16.5. The number of aliphatic hydroxyl groups is 1. The number of methoxy groups -OCH3 is 1. The summed E-state index contributed by atoms with van der Waals surface area (Å²) in [5.41, 5.74) is 3.84. The van der Waals surface area contributed by atoms with Crippen molar-refractivity contribution in [1.82, 2.24) is 0 Å². The Labute approximate surface area is 184 Å². The summed E-state index contributed by atoms with van der Waals surface area (Å²) < 4.78 is 11.1. The second-order valence-electron chi connectivity index (χ2n) is 9.91. The van der Waals surface area contributed by atoms with Gasteiger partial charge in [0.05, 0.1) is 19.1 Å². The molecule has 0 aliphatic heterocycles. The number of carbonyl (C=O) groups excluding carboxylic acids is 1. The average Bonchev–Trinajstić information content (AvgIpc) is 3.08. The highest BCUT2D eigenvalue weighted by Crippen LogP contribution is 2.62. The zero-order valence-electron chi connectivity index (χ0n) is 18.4. The standard InChI is InChI=1S/C27H32O4/c1-27-13-12-21-20-11-9-19(31-16-17-6-4-3-5-7-17)14-18(20)8-10-22(21)24(27)15-23(25(27)28)26(29)30-2/h3-7,9,11,14,21-25,28H,8,10,12-13,15-16H2,1-2H3/t21?,22?,23?,24?,25-,27?/m0/s1. The van der Waals surface area contributed by atoms with E-state index in [2.05, 4.69) is 37.3 Å². The van der Waals surface area contributed by atoms with Crippen molar-refractivity contribution < 1.29 is 19.4 Å². The number of aryl methyl sites for hydroxylation is 1. The maximum absolute atomic E-state index is 12.3. The molecule has 5 rings (SSSR count). The summed E-state index contributed by atoms with van der Waals surface area (Å²) in [6, 6.07) is 16.9. The molecule has 3 aliphatic carbocycles. The van der Waals surface area contributed by atoms with Gasteiger partial charge in [-0.05, 0) is 84.1 Å². The van der Waals surface area contributed by atoms with E-state index in [1.54, 1.807) is 0 Å².